The van der Waals surface area contributed by atoms with Gasteiger partial charge in [0.2, 0.25) is 11.7 Å². The fraction of sp³-hybridized carbons (Fsp3) is 0.304. The second kappa shape index (κ2) is 12.2. The highest BCUT2D eigenvalue weighted by atomic mass is 16.5. The molecule has 0 aliphatic heterocycles. The zero-order valence-electron chi connectivity index (χ0n) is 17.9. The summed E-state index contributed by atoms with van der Waals surface area (Å²) < 4.78 is 15.9. The maximum absolute atomic E-state index is 12.4. The third kappa shape index (κ3) is 6.75. The summed E-state index contributed by atoms with van der Waals surface area (Å²) in [5.41, 5.74) is 1.45. The molecule has 8 nitrogen and oxygen atoms in total. The Balaban J connectivity index is 2.11. The predicted molar refractivity (Wildman–Crippen MR) is 119 cm³/mol. The summed E-state index contributed by atoms with van der Waals surface area (Å²) in [4.78, 5) is 24.9. The van der Waals surface area contributed by atoms with Crippen molar-refractivity contribution in [3.8, 4) is 17.2 Å². The average Bonchev–Trinajstić information content (AvgIpc) is 2.79. The van der Waals surface area contributed by atoms with E-state index < -0.39 is 5.91 Å². The Labute approximate surface area is 181 Å². The van der Waals surface area contributed by atoms with Crippen LogP contribution in [0.25, 0.3) is 6.08 Å². The molecule has 166 valence electrons. The van der Waals surface area contributed by atoms with Crippen molar-refractivity contribution in [2.45, 2.75) is 12.8 Å². The Morgan fingerprint density at radius 1 is 1.00 bits per heavy atom. The van der Waals surface area contributed by atoms with Crippen LogP contribution in [-0.4, -0.2) is 51.4 Å². The number of aliphatic hydroxyl groups is 1. The minimum atomic E-state index is -0.394. The van der Waals surface area contributed by atoms with Gasteiger partial charge in [0.25, 0.3) is 5.91 Å². The molecule has 0 unspecified atom stereocenters. The molecule has 0 heterocycles. The number of aliphatic hydroxyl groups excluding tert-OH is 1. The smallest absolute Gasteiger partial charge is 0.253 e. The fourth-order valence-electron chi connectivity index (χ4n) is 2.87. The number of hydrogen-bond donors (Lipinski definition) is 3. The van der Waals surface area contributed by atoms with E-state index in [9.17, 15) is 9.59 Å². The van der Waals surface area contributed by atoms with Crippen LogP contribution in [0.5, 0.6) is 17.2 Å². The van der Waals surface area contributed by atoms with Crippen LogP contribution in [-0.2, 0) is 4.79 Å². The average molecular weight is 428 g/mol. The van der Waals surface area contributed by atoms with Crippen molar-refractivity contribution in [3.63, 3.8) is 0 Å². The molecule has 3 N–H and O–H groups in total. The Hall–Kier alpha value is -3.52. The van der Waals surface area contributed by atoms with Gasteiger partial charge >= 0.3 is 0 Å². The van der Waals surface area contributed by atoms with Gasteiger partial charge in [-0.05, 0) is 48.7 Å². The number of benzene rings is 2. The largest absolute Gasteiger partial charge is 0.493 e. The van der Waals surface area contributed by atoms with Crippen LogP contribution in [0.4, 0.5) is 5.69 Å². The van der Waals surface area contributed by atoms with Gasteiger partial charge in [0, 0.05) is 19.2 Å². The quantitative estimate of drug-likeness (QED) is 0.375. The first kappa shape index (κ1) is 23.8. The highest BCUT2D eigenvalue weighted by Crippen LogP contribution is 2.38. The molecule has 0 atom stereocenters. The molecule has 0 aliphatic rings. The second-order valence-electron chi connectivity index (χ2n) is 6.51. The molecule has 2 aromatic carbocycles. The van der Waals surface area contributed by atoms with Crippen LogP contribution in [0.15, 0.2) is 42.5 Å². The predicted octanol–water partition coefficient (Wildman–Crippen LogP) is 2.87. The Kier molecular flexibility index (Phi) is 9.38. The Morgan fingerprint density at radius 2 is 1.68 bits per heavy atom. The maximum atomic E-state index is 12.4. The van der Waals surface area contributed by atoms with Crippen molar-refractivity contribution < 1.29 is 28.9 Å². The van der Waals surface area contributed by atoms with Crippen molar-refractivity contribution in [2.75, 3.05) is 39.8 Å². The van der Waals surface area contributed by atoms with Gasteiger partial charge < -0.3 is 30.0 Å². The fourth-order valence-corrected chi connectivity index (χ4v) is 2.87. The normalized spacial score (nSPS) is 10.6. The first-order valence-electron chi connectivity index (χ1n) is 9.81. The number of ether oxygens (including phenoxy) is 3. The van der Waals surface area contributed by atoms with Crippen LogP contribution in [0.3, 0.4) is 0 Å². The van der Waals surface area contributed by atoms with E-state index in [1.54, 1.807) is 42.5 Å². The van der Waals surface area contributed by atoms with E-state index in [1.807, 2.05) is 0 Å². The summed E-state index contributed by atoms with van der Waals surface area (Å²) in [6.07, 6.45) is 4.26. The van der Waals surface area contributed by atoms with Crippen LogP contribution >= 0.6 is 0 Å². The number of nitrogens with one attached hydrogen (secondary N) is 2. The van der Waals surface area contributed by atoms with Gasteiger partial charge in [0.05, 0.1) is 32.6 Å². The van der Waals surface area contributed by atoms with E-state index in [4.69, 9.17) is 19.3 Å². The van der Waals surface area contributed by atoms with E-state index in [0.717, 1.165) is 0 Å². The topological polar surface area (TPSA) is 106 Å². The van der Waals surface area contributed by atoms with Gasteiger partial charge in [-0.1, -0.05) is 12.1 Å². The van der Waals surface area contributed by atoms with Gasteiger partial charge in [-0.2, -0.15) is 0 Å². The van der Waals surface area contributed by atoms with E-state index in [1.165, 1.54) is 27.4 Å². The molecule has 0 fully saturated rings. The molecule has 0 aromatic heterocycles. The molecule has 0 aliphatic carbocycles. The molecule has 2 aromatic rings. The molecule has 0 saturated carbocycles. The Bertz CT molecular complexity index is 901. The zero-order chi connectivity index (χ0) is 22.6. The number of hydrogen-bond acceptors (Lipinski definition) is 6. The van der Waals surface area contributed by atoms with E-state index in [2.05, 4.69) is 10.6 Å². The molecule has 2 rings (SSSR count). The SMILES string of the molecule is COc1cc(C=CC(=O)Nc2ccccc2C(=O)NCCCCO)cc(OC)c1OC. The minimum Gasteiger partial charge on any atom is -0.493 e. The van der Waals surface area contributed by atoms with Crippen molar-refractivity contribution in [1.82, 2.24) is 5.32 Å². The molecule has 2 amide bonds. The van der Waals surface area contributed by atoms with Gasteiger partial charge in [0.1, 0.15) is 0 Å². The number of carbonyl (C=O) groups excluding carboxylic acids is 2. The lowest BCUT2D eigenvalue weighted by Gasteiger charge is -2.13. The highest BCUT2D eigenvalue weighted by molar-refractivity contribution is 6.07. The van der Waals surface area contributed by atoms with Crippen LogP contribution in [0.2, 0.25) is 0 Å². The van der Waals surface area contributed by atoms with Crippen LogP contribution in [0, 0.1) is 0 Å². The maximum Gasteiger partial charge on any atom is 0.253 e. The first-order chi connectivity index (χ1) is 15.0. The van der Waals surface area contributed by atoms with Gasteiger partial charge in [-0.25, -0.2) is 0 Å². The molecular weight excluding hydrogens is 400 g/mol. The van der Waals surface area contributed by atoms with Gasteiger partial charge in [-0.15, -0.1) is 0 Å². The number of carbonyl (C=O) groups is 2. The molecule has 8 heteroatoms. The molecule has 0 saturated heterocycles. The number of para-hydroxylation sites is 1. The third-order valence-electron chi connectivity index (χ3n) is 4.41. The van der Waals surface area contributed by atoms with Crippen molar-refractivity contribution in [3.05, 3.63) is 53.6 Å². The van der Waals surface area contributed by atoms with Crippen molar-refractivity contribution in [1.29, 1.82) is 0 Å². The lowest BCUT2D eigenvalue weighted by atomic mass is 10.1. The molecule has 31 heavy (non-hydrogen) atoms. The number of rotatable bonds is 11. The molecular formula is C23H28N2O6. The summed E-state index contributed by atoms with van der Waals surface area (Å²) in [7, 11) is 4.55. The minimum absolute atomic E-state index is 0.0841. The lowest BCUT2D eigenvalue weighted by molar-refractivity contribution is -0.111. The number of amides is 2. The number of anilines is 1. The van der Waals surface area contributed by atoms with Crippen LogP contribution < -0.4 is 24.8 Å². The third-order valence-corrected chi connectivity index (χ3v) is 4.41. The Morgan fingerprint density at radius 3 is 2.29 bits per heavy atom. The number of methoxy groups -OCH3 is 3. The summed E-state index contributed by atoms with van der Waals surface area (Å²) >= 11 is 0. The molecule has 0 bridgehead atoms. The lowest BCUT2D eigenvalue weighted by Crippen LogP contribution is -2.26. The zero-order valence-corrected chi connectivity index (χ0v) is 17.9. The summed E-state index contributed by atoms with van der Waals surface area (Å²) in [6.45, 7) is 0.531. The van der Waals surface area contributed by atoms with Gasteiger partial charge in [0.15, 0.2) is 11.5 Å². The van der Waals surface area contributed by atoms with E-state index in [0.29, 0.717) is 53.4 Å². The van der Waals surface area contributed by atoms with Crippen molar-refractivity contribution in [2.24, 2.45) is 0 Å². The van der Waals surface area contributed by atoms with E-state index >= 15 is 0 Å². The standard InChI is InChI=1S/C23H28N2O6/c1-29-19-14-16(15-20(30-2)22(19)31-3)10-11-21(27)25-18-9-5-4-8-17(18)23(28)24-12-6-7-13-26/h4-5,8-11,14-15,26H,6-7,12-13H2,1-3H3,(H,24,28)(H,25,27). The summed E-state index contributed by atoms with van der Waals surface area (Å²) in [6, 6.07) is 10.2. The summed E-state index contributed by atoms with van der Waals surface area (Å²) in [5.74, 6) is 0.734. The highest BCUT2D eigenvalue weighted by Gasteiger charge is 2.13. The van der Waals surface area contributed by atoms with Crippen LogP contribution in [0.1, 0.15) is 28.8 Å². The number of unbranched alkanes of at least 4 members (excludes halogenated alkanes) is 1. The van der Waals surface area contributed by atoms with Crippen molar-refractivity contribution >= 4 is 23.6 Å². The second-order valence-corrected chi connectivity index (χ2v) is 6.51. The molecule has 0 spiro atoms. The monoisotopic (exact) mass is 428 g/mol. The summed E-state index contributed by atoms with van der Waals surface area (Å²) in [5, 5.41) is 14.3. The first-order valence-corrected chi connectivity index (χ1v) is 9.81. The van der Waals surface area contributed by atoms with Gasteiger partial charge in [-0.3, -0.25) is 9.59 Å². The van der Waals surface area contributed by atoms with E-state index in [-0.39, 0.29) is 12.5 Å². The molecule has 0 radical (unpaired) electrons.